The van der Waals surface area contributed by atoms with Crippen LogP contribution >= 0.6 is 12.2 Å². The molecule has 0 N–H and O–H groups in total. The standard InChI is InChI=1S/C29H49NO6SSi/c1-11-30(12-2)27(37)34-22-18-23(33-24(22)20-32-19-21-16-14-13-15-17-21)25(26(31)35-28(3,4)5)36-38(9,10)29(6,7)8/h13-17,22-25H,11-12,18-20H2,1-10H3/t22-,23+,24+,25?/m0/s1. The SMILES string of the molecule is CCN(CC)C(=S)O[C@H]1C[C@H](C(O[Si](C)(C)C(C)(C)C)C(=O)OC(C)(C)C)O[C@@H]1COCc1ccccc1. The highest BCUT2D eigenvalue weighted by Gasteiger charge is 2.49. The van der Waals surface area contributed by atoms with E-state index >= 15 is 0 Å². The molecule has 1 unspecified atom stereocenters. The number of carbonyl (C=O) groups excluding carboxylic acids is 1. The van der Waals surface area contributed by atoms with Gasteiger partial charge in [0, 0.05) is 19.5 Å². The number of hydrogen-bond acceptors (Lipinski definition) is 7. The lowest BCUT2D eigenvalue weighted by Crippen LogP contribution is -2.51. The number of carbonyl (C=O) groups is 1. The summed E-state index contributed by atoms with van der Waals surface area (Å²) in [6.45, 7) is 22.6. The fourth-order valence-corrected chi connectivity index (χ4v) is 5.52. The van der Waals surface area contributed by atoms with Crippen LogP contribution in [-0.2, 0) is 34.8 Å². The number of thiocarbonyl (C=S) groups is 1. The Kier molecular flexibility index (Phi) is 11.8. The lowest BCUT2D eigenvalue weighted by atomic mass is 10.1. The summed E-state index contributed by atoms with van der Waals surface area (Å²) in [4.78, 5) is 15.5. The second-order valence-electron chi connectivity index (χ2n) is 12.4. The van der Waals surface area contributed by atoms with Gasteiger partial charge in [0.2, 0.25) is 0 Å². The number of nitrogens with zero attached hydrogens (tertiary/aromatic N) is 1. The van der Waals surface area contributed by atoms with Crippen LogP contribution in [0, 0.1) is 0 Å². The first-order valence-electron chi connectivity index (χ1n) is 13.7. The number of esters is 1. The molecule has 1 saturated heterocycles. The summed E-state index contributed by atoms with van der Waals surface area (Å²) in [7, 11) is -2.34. The summed E-state index contributed by atoms with van der Waals surface area (Å²) < 4.78 is 31.3. The molecule has 1 aromatic rings. The van der Waals surface area contributed by atoms with Gasteiger partial charge in [0.1, 0.15) is 17.8 Å². The maximum absolute atomic E-state index is 13.5. The van der Waals surface area contributed by atoms with Crippen molar-refractivity contribution in [3.63, 3.8) is 0 Å². The lowest BCUT2D eigenvalue weighted by Gasteiger charge is -2.40. The lowest BCUT2D eigenvalue weighted by molar-refractivity contribution is -0.172. The zero-order valence-corrected chi connectivity index (χ0v) is 26.9. The predicted octanol–water partition coefficient (Wildman–Crippen LogP) is 6.10. The third-order valence-corrected chi connectivity index (χ3v) is 11.9. The van der Waals surface area contributed by atoms with Gasteiger partial charge in [-0.15, -0.1) is 0 Å². The van der Waals surface area contributed by atoms with Crippen molar-refractivity contribution in [3.8, 4) is 0 Å². The fourth-order valence-electron chi connectivity index (χ4n) is 3.90. The van der Waals surface area contributed by atoms with Crippen LogP contribution < -0.4 is 0 Å². The van der Waals surface area contributed by atoms with Gasteiger partial charge in [-0.3, -0.25) is 0 Å². The highest BCUT2D eigenvalue weighted by Crippen LogP contribution is 2.39. The molecule has 9 heteroatoms. The molecule has 1 aliphatic heterocycles. The molecule has 4 atom stereocenters. The normalized spacial score (nSPS) is 21.2. The van der Waals surface area contributed by atoms with Crippen LogP contribution in [0.5, 0.6) is 0 Å². The Morgan fingerprint density at radius 3 is 2.24 bits per heavy atom. The van der Waals surface area contributed by atoms with E-state index in [-0.39, 0.29) is 11.1 Å². The van der Waals surface area contributed by atoms with Crippen molar-refractivity contribution < 1.29 is 28.2 Å². The maximum atomic E-state index is 13.5. The minimum Gasteiger partial charge on any atom is -0.465 e. The van der Waals surface area contributed by atoms with E-state index < -0.39 is 38.2 Å². The van der Waals surface area contributed by atoms with Gasteiger partial charge in [-0.2, -0.15) is 0 Å². The fraction of sp³-hybridized carbons (Fsp3) is 0.724. The smallest absolute Gasteiger partial charge is 0.337 e. The van der Waals surface area contributed by atoms with Crippen molar-refractivity contribution in [2.75, 3.05) is 19.7 Å². The topological polar surface area (TPSA) is 66.5 Å². The Morgan fingerprint density at radius 2 is 1.71 bits per heavy atom. The van der Waals surface area contributed by atoms with Gasteiger partial charge < -0.3 is 28.3 Å². The molecule has 7 nitrogen and oxygen atoms in total. The molecule has 216 valence electrons. The van der Waals surface area contributed by atoms with Crippen LogP contribution in [0.2, 0.25) is 18.1 Å². The Hall–Kier alpha value is -1.52. The van der Waals surface area contributed by atoms with E-state index in [2.05, 4.69) is 33.9 Å². The number of benzene rings is 1. The summed E-state index contributed by atoms with van der Waals surface area (Å²) in [6.07, 6.45) is -1.77. The Morgan fingerprint density at radius 1 is 1.11 bits per heavy atom. The van der Waals surface area contributed by atoms with Gasteiger partial charge in [0.05, 0.1) is 19.3 Å². The molecule has 0 aliphatic carbocycles. The summed E-state index contributed by atoms with van der Waals surface area (Å²) in [5.41, 5.74) is 0.425. The summed E-state index contributed by atoms with van der Waals surface area (Å²) in [5.74, 6) is -0.414. The van der Waals surface area contributed by atoms with Crippen molar-refractivity contribution in [2.24, 2.45) is 0 Å². The molecule has 0 spiro atoms. The molecule has 1 fully saturated rings. The molecule has 2 rings (SSSR count). The number of hydrogen-bond donors (Lipinski definition) is 0. The van der Waals surface area contributed by atoms with Crippen molar-refractivity contribution in [3.05, 3.63) is 35.9 Å². The van der Waals surface area contributed by atoms with E-state index in [0.717, 1.165) is 18.7 Å². The predicted molar refractivity (Wildman–Crippen MR) is 158 cm³/mol. The molecule has 1 aliphatic rings. The van der Waals surface area contributed by atoms with Crippen LogP contribution in [0.15, 0.2) is 30.3 Å². The van der Waals surface area contributed by atoms with Crippen molar-refractivity contribution in [1.82, 2.24) is 4.90 Å². The Labute approximate surface area is 236 Å². The first-order valence-corrected chi connectivity index (χ1v) is 17.0. The van der Waals surface area contributed by atoms with Crippen molar-refractivity contribution in [1.29, 1.82) is 0 Å². The van der Waals surface area contributed by atoms with Crippen LogP contribution in [0.25, 0.3) is 0 Å². The zero-order chi connectivity index (χ0) is 28.7. The Balaban J connectivity index is 2.28. The summed E-state index contributed by atoms with van der Waals surface area (Å²) in [5, 5.41) is 0.334. The molecule has 1 heterocycles. The van der Waals surface area contributed by atoms with Gasteiger partial charge in [0.15, 0.2) is 14.4 Å². The van der Waals surface area contributed by atoms with E-state index in [4.69, 9.17) is 35.6 Å². The molecule has 0 radical (unpaired) electrons. The minimum atomic E-state index is -2.34. The molecule has 0 bridgehead atoms. The van der Waals surface area contributed by atoms with Crippen LogP contribution in [-0.4, -0.2) is 74.1 Å². The maximum Gasteiger partial charge on any atom is 0.337 e. The average molecular weight is 568 g/mol. The number of ether oxygens (including phenoxy) is 4. The second kappa shape index (κ2) is 13.7. The highest BCUT2D eigenvalue weighted by molar-refractivity contribution is 7.80. The third kappa shape index (κ3) is 9.59. The molecule has 0 aromatic heterocycles. The van der Waals surface area contributed by atoms with Gasteiger partial charge in [-0.05, 0) is 70.5 Å². The summed E-state index contributed by atoms with van der Waals surface area (Å²) >= 11 is 5.61. The second-order valence-corrected chi connectivity index (χ2v) is 17.5. The Bertz CT molecular complexity index is 895. The van der Waals surface area contributed by atoms with E-state index in [9.17, 15) is 4.79 Å². The summed E-state index contributed by atoms with van der Waals surface area (Å²) in [6, 6.07) is 9.99. The number of rotatable bonds is 11. The van der Waals surface area contributed by atoms with Gasteiger partial charge in [0.25, 0.3) is 5.17 Å². The van der Waals surface area contributed by atoms with Gasteiger partial charge in [-0.1, -0.05) is 51.1 Å². The largest absolute Gasteiger partial charge is 0.465 e. The first-order chi connectivity index (χ1) is 17.6. The van der Waals surface area contributed by atoms with Gasteiger partial charge in [-0.25, -0.2) is 4.79 Å². The van der Waals surface area contributed by atoms with E-state index in [1.54, 1.807) is 0 Å². The molecule has 1 aromatic carbocycles. The molecule has 0 saturated carbocycles. The average Bonchev–Trinajstić information content (AvgIpc) is 3.19. The van der Waals surface area contributed by atoms with E-state index in [1.807, 2.05) is 69.9 Å². The quantitative estimate of drug-likeness (QED) is 0.180. The van der Waals surface area contributed by atoms with Crippen molar-refractivity contribution in [2.45, 2.75) is 117 Å². The molecule has 38 heavy (non-hydrogen) atoms. The minimum absolute atomic E-state index is 0.0930. The molecular formula is C29H49NO6SSi. The van der Waals surface area contributed by atoms with Crippen LogP contribution in [0.4, 0.5) is 0 Å². The van der Waals surface area contributed by atoms with Crippen molar-refractivity contribution >= 4 is 31.7 Å². The first kappa shape index (κ1) is 32.7. The highest BCUT2D eigenvalue weighted by atomic mass is 32.1. The molecular weight excluding hydrogens is 518 g/mol. The van der Waals surface area contributed by atoms with Gasteiger partial charge >= 0.3 is 5.97 Å². The van der Waals surface area contributed by atoms with E-state index in [1.165, 1.54) is 0 Å². The monoisotopic (exact) mass is 567 g/mol. The van der Waals surface area contributed by atoms with Crippen LogP contribution in [0.3, 0.4) is 0 Å². The van der Waals surface area contributed by atoms with Crippen LogP contribution in [0.1, 0.15) is 67.4 Å². The zero-order valence-electron chi connectivity index (χ0n) is 25.0. The van der Waals surface area contributed by atoms with E-state index in [0.29, 0.717) is 24.8 Å². The molecule has 0 amide bonds. The third-order valence-electron chi connectivity index (χ3n) is 7.10.